The van der Waals surface area contributed by atoms with Gasteiger partial charge in [-0.2, -0.15) is 17.5 Å². The number of sulfonamides is 1. The van der Waals surface area contributed by atoms with E-state index in [-0.39, 0.29) is 23.2 Å². The van der Waals surface area contributed by atoms with Crippen LogP contribution in [0.2, 0.25) is 0 Å². The van der Waals surface area contributed by atoms with Gasteiger partial charge in [-0.15, -0.1) is 5.10 Å². The summed E-state index contributed by atoms with van der Waals surface area (Å²) in [5.41, 5.74) is 5.89. The Bertz CT molecular complexity index is 1440. The summed E-state index contributed by atoms with van der Waals surface area (Å²) in [5, 5.41) is 4.45. The lowest BCUT2D eigenvalue weighted by Gasteiger charge is -2.34. The first-order valence-corrected chi connectivity index (χ1v) is 14.0. The summed E-state index contributed by atoms with van der Waals surface area (Å²) < 4.78 is 73.9. The Morgan fingerprint density at radius 3 is 2.55 bits per heavy atom. The molecule has 0 aromatic carbocycles. The first-order valence-electron chi connectivity index (χ1n) is 12.1. The number of rotatable bonds is 5. The number of fused-ring (bicyclic) bond motifs is 1. The molecule has 0 aliphatic carbocycles. The van der Waals surface area contributed by atoms with Crippen LogP contribution < -0.4 is 10.6 Å². The van der Waals surface area contributed by atoms with E-state index in [4.69, 9.17) is 10.5 Å². The number of hydrogen-bond donors (Lipinski definition) is 1. The number of pyridine rings is 1. The Morgan fingerprint density at radius 1 is 1.16 bits per heavy atom. The normalized spacial score (nSPS) is 20.3. The van der Waals surface area contributed by atoms with Gasteiger partial charge in [0.25, 0.3) is 0 Å². The number of anilines is 2. The highest BCUT2D eigenvalue weighted by Crippen LogP contribution is 2.37. The molecule has 0 bridgehead atoms. The predicted molar refractivity (Wildman–Crippen MR) is 135 cm³/mol. The molecule has 2 N–H and O–H groups in total. The van der Waals surface area contributed by atoms with Crippen LogP contribution >= 0.6 is 0 Å². The molecule has 1 unspecified atom stereocenters. The van der Waals surface area contributed by atoms with Crippen molar-refractivity contribution in [3.63, 3.8) is 0 Å². The molecule has 0 amide bonds. The molecule has 0 radical (unpaired) electrons. The molecular formula is C23H29F3N8O3S. The maximum atomic E-state index is 13.9. The Morgan fingerprint density at radius 2 is 1.89 bits per heavy atom. The molecule has 2 aliphatic heterocycles. The van der Waals surface area contributed by atoms with Crippen LogP contribution in [0, 0.1) is 0 Å². The lowest BCUT2D eigenvalue weighted by atomic mass is 10.1. The van der Waals surface area contributed by atoms with E-state index >= 15 is 0 Å². The summed E-state index contributed by atoms with van der Waals surface area (Å²) in [6.07, 6.45) is -0.644. The van der Waals surface area contributed by atoms with Gasteiger partial charge in [-0.3, -0.25) is 4.90 Å². The van der Waals surface area contributed by atoms with Crippen LogP contribution in [0.5, 0.6) is 0 Å². The van der Waals surface area contributed by atoms with E-state index in [0.29, 0.717) is 63.8 Å². The van der Waals surface area contributed by atoms with E-state index in [1.54, 1.807) is 10.7 Å². The maximum absolute atomic E-state index is 13.9. The highest BCUT2D eigenvalue weighted by atomic mass is 32.2. The van der Waals surface area contributed by atoms with Crippen LogP contribution in [-0.4, -0.2) is 95.4 Å². The molecule has 11 nitrogen and oxygen atoms in total. The summed E-state index contributed by atoms with van der Waals surface area (Å²) in [4.78, 5) is 12.6. The zero-order chi connectivity index (χ0) is 27.2. The molecule has 206 valence electrons. The van der Waals surface area contributed by atoms with E-state index in [1.807, 2.05) is 17.9 Å². The number of alkyl halides is 3. The standard InChI is InChI=1S/C23H29F3N8O3S/c1-15-14-37-8-7-33(15)22-19-9-16(12-31-3-5-32(6-4-31)38(2,35)36)13-34(19)30-21(29-22)17-11-28-20(27)10-18(17)23(24,25)26/h9-11,13,15H,3-8,12,14H2,1-2H3,(H2,27,28). The van der Waals surface area contributed by atoms with Crippen molar-refractivity contribution >= 4 is 27.2 Å². The van der Waals surface area contributed by atoms with Crippen LogP contribution in [0.4, 0.5) is 24.8 Å². The molecule has 38 heavy (non-hydrogen) atoms. The quantitative estimate of drug-likeness (QED) is 0.502. The molecular weight excluding hydrogens is 525 g/mol. The molecule has 5 heterocycles. The average molecular weight is 555 g/mol. The SMILES string of the molecule is CC1COCCN1c1nc(-c2cnc(N)cc2C(F)(F)F)nn2cc(CN3CCN(S(C)(=O)=O)CC3)cc12. The van der Waals surface area contributed by atoms with Crippen molar-refractivity contribution in [3.8, 4) is 11.4 Å². The minimum absolute atomic E-state index is 0.0515. The molecule has 15 heteroatoms. The Kier molecular flexibility index (Phi) is 6.96. The molecule has 2 fully saturated rings. The third-order valence-electron chi connectivity index (χ3n) is 6.82. The molecule has 5 rings (SSSR count). The van der Waals surface area contributed by atoms with Crippen molar-refractivity contribution in [1.29, 1.82) is 0 Å². The van der Waals surface area contributed by atoms with E-state index in [9.17, 15) is 21.6 Å². The highest BCUT2D eigenvalue weighted by molar-refractivity contribution is 7.88. The van der Waals surface area contributed by atoms with E-state index in [2.05, 4.69) is 20.0 Å². The van der Waals surface area contributed by atoms with E-state index < -0.39 is 21.8 Å². The minimum Gasteiger partial charge on any atom is -0.384 e. The van der Waals surface area contributed by atoms with Crippen LogP contribution in [0.1, 0.15) is 18.1 Å². The predicted octanol–water partition coefficient (Wildman–Crippen LogP) is 1.69. The second-order valence-electron chi connectivity index (χ2n) is 9.65. The van der Waals surface area contributed by atoms with Crippen LogP contribution in [0.3, 0.4) is 0 Å². The van der Waals surface area contributed by atoms with E-state index in [0.717, 1.165) is 17.8 Å². The minimum atomic E-state index is -4.67. The number of nitrogens with two attached hydrogens (primary N) is 1. The lowest BCUT2D eigenvalue weighted by molar-refractivity contribution is -0.137. The zero-order valence-electron chi connectivity index (χ0n) is 21.0. The van der Waals surface area contributed by atoms with Crippen LogP contribution in [-0.2, 0) is 27.5 Å². The van der Waals surface area contributed by atoms with Crippen molar-refractivity contribution in [3.05, 3.63) is 35.7 Å². The van der Waals surface area contributed by atoms with Gasteiger partial charge in [-0.25, -0.2) is 22.9 Å². The monoisotopic (exact) mass is 554 g/mol. The molecule has 0 spiro atoms. The largest absolute Gasteiger partial charge is 0.417 e. The van der Waals surface area contributed by atoms with Gasteiger partial charge in [0.05, 0.1) is 36.6 Å². The Hall–Kier alpha value is -3.01. The fraction of sp³-hybridized carbons (Fsp3) is 0.522. The first-order chi connectivity index (χ1) is 17.9. The molecule has 0 saturated carbocycles. The number of ether oxygens (including phenoxy) is 1. The molecule has 2 saturated heterocycles. The lowest BCUT2D eigenvalue weighted by Crippen LogP contribution is -2.47. The van der Waals surface area contributed by atoms with Crippen molar-refractivity contribution < 1.29 is 26.3 Å². The Labute approximate surface area is 218 Å². The topological polar surface area (TPSA) is 122 Å². The number of morpholine rings is 1. The Balaban J connectivity index is 1.54. The summed E-state index contributed by atoms with van der Waals surface area (Å²) in [6, 6.07) is 2.66. The fourth-order valence-electron chi connectivity index (χ4n) is 4.85. The number of hydrogen-bond acceptors (Lipinski definition) is 9. The molecule has 1 atom stereocenters. The van der Waals surface area contributed by atoms with Gasteiger partial charge >= 0.3 is 6.18 Å². The van der Waals surface area contributed by atoms with Crippen LogP contribution in [0.15, 0.2) is 24.5 Å². The highest BCUT2D eigenvalue weighted by Gasteiger charge is 2.36. The summed E-state index contributed by atoms with van der Waals surface area (Å²) in [6.45, 7) is 5.87. The van der Waals surface area contributed by atoms with Gasteiger partial charge < -0.3 is 15.4 Å². The number of nitrogens with zero attached hydrogens (tertiary/aromatic N) is 7. The molecule has 2 aliphatic rings. The second-order valence-corrected chi connectivity index (χ2v) is 11.6. The summed E-state index contributed by atoms with van der Waals surface area (Å²) in [7, 11) is -3.24. The average Bonchev–Trinajstić information content (AvgIpc) is 3.25. The van der Waals surface area contributed by atoms with Crippen molar-refractivity contribution in [1.82, 2.24) is 28.8 Å². The zero-order valence-corrected chi connectivity index (χ0v) is 21.8. The smallest absolute Gasteiger partial charge is 0.384 e. The fourth-order valence-corrected chi connectivity index (χ4v) is 5.68. The number of aromatic nitrogens is 4. The van der Waals surface area contributed by atoms with Gasteiger partial charge in [0.2, 0.25) is 10.0 Å². The molecule has 3 aromatic heterocycles. The molecule has 3 aromatic rings. The number of piperazine rings is 1. The maximum Gasteiger partial charge on any atom is 0.417 e. The van der Waals surface area contributed by atoms with Gasteiger partial charge in [0.15, 0.2) is 11.6 Å². The van der Waals surface area contributed by atoms with Crippen molar-refractivity contribution in [2.45, 2.75) is 25.7 Å². The number of nitrogen functional groups attached to an aromatic ring is 1. The van der Waals surface area contributed by atoms with Gasteiger partial charge in [-0.1, -0.05) is 0 Å². The summed E-state index contributed by atoms with van der Waals surface area (Å²) >= 11 is 0. The van der Waals surface area contributed by atoms with Crippen LogP contribution in [0.25, 0.3) is 16.9 Å². The van der Waals surface area contributed by atoms with Crippen molar-refractivity contribution in [2.75, 3.05) is 62.8 Å². The van der Waals surface area contributed by atoms with Gasteiger partial charge in [0.1, 0.15) is 11.3 Å². The number of halogens is 3. The summed E-state index contributed by atoms with van der Waals surface area (Å²) in [5.74, 6) is 0.141. The van der Waals surface area contributed by atoms with Gasteiger partial charge in [-0.05, 0) is 24.6 Å². The third-order valence-corrected chi connectivity index (χ3v) is 8.12. The second kappa shape index (κ2) is 9.94. The van der Waals surface area contributed by atoms with Gasteiger partial charge in [0, 0.05) is 51.7 Å². The third kappa shape index (κ3) is 5.41. The first kappa shape index (κ1) is 26.6. The van der Waals surface area contributed by atoms with E-state index in [1.165, 1.54) is 10.6 Å². The van der Waals surface area contributed by atoms with Crippen molar-refractivity contribution in [2.24, 2.45) is 0 Å².